The summed E-state index contributed by atoms with van der Waals surface area (Å²) in [4.78, 5) is 19.4. The number of hydrogen-bond donors (Lipinski definition) is 2. The van der Waals surface area contributed by atoms with Crippen LogP contribution in [0.4, 0.5) is 0 Å². The molecule has 2 aliphatic rings. The summed E-state index contributed by atoms with van der Waals surface area (Å²) in [5, 5.41) is 6.82. The number of nitrogens with zero attached hydrogens (tertiary/aromatic N) is 2. The predicted molar refractivity (Wildman–Crippen MR) is 110 cm³/mol. The highest BCUT2D eigenvalue weighted by atomic mass is 32.2. The maximum absolute atomic E-state index is 12.7. The fraction of sp³-hybridized carbons (Fsp3) is 0.895. The zero-order valence-electron chi connectivity index (χ0n) is 16.9. The quantitative estimate of drug-likeness (QED) is 0.520. The molecule has 150 valence electrons. The third kappa shape index (κ3) is 5.28. The third-order valence-electron chi connectivity index (χ3n) is 5.72. The Balaban J connectivity index is 2.03. The van der Waals surface area contributed by atoms with E-state index in [0.29, 0.717) is 6.54 Å². The van der Waals surface area contributed by atoms with Crippen LogP contribution in [0.25, 0.3) is 0 Å². The second kappa shape index (κ2) is 9.83. The number of nitrogens with one attached hydrogen (secondary N) is 2. The van der Waals surface area contributed by atoms with Crippen molar-refractivity contribution in [3.05, 3.63) is 0 Å². The Morgan fingerprint density at radius 2 is 1.81 bits per heavy atom. The number of carbonyl (C=O) groups is 1. The Hall–Kier alpha value is -0.950. The Bertz CT molecular complexity index is 484. The second-order valence-electron chi connectivity index (χ2n) is 7.74. The van der Waals surface area contributed by atoms with E-state index >= 15 is 0 Å². The first-order chi connectivity index (χ1) is 12.5. The summed E-state index contributed by atoms with van der Waals surface area (Å²) in [6.07, 6.45) is 8.44. The van der Waals surface area contributed by atoms with Gasteiger partial charge in [-0.15, -0.1) is 0 Å². The van der Waals surface area contributed by atoms with E-state index in [1.54, 1.807) is 4.90 Å². The lowest BCUT2D eigenvalue weighted by Gasteiger charge is -2.34. The molecule has 6 nitrogen and oxygen atoms in total. The molecule has 0 aromatic rings. The van der Waals surface area contributed by atoms with E-state index in [-0.39, 0.29) is 16.1 Å². The highest BCUT2D eigenvalue weighted by molar-refractivity contribution is 8.00. The van der Waals surface area contributed by atoms with Crippen LogP contribution in [0.3, 0.4) is 0 Å². The van der Waals surface area contributed by atoms with Gasteiger partial charge in [-0.2, -0.15) is 11.8 Å². The zero-order chi connectivity index (χ0) is 19.0. The number of amides is 1. The van der Waals surface area contributed by atoms with Gasteiger partial charge in [0.2, 0.25) is 5.91 Å². The second-order valence-corrected chi connectivity index (χ2v) is 9.01. The van der Waals surface area contributed by atoms with Gasteiger partial charge in [-0.3, -0.25) is 9.79 Å². The molecule has 0 atom stereocenters. The van der Waals surface area contributed by atoms with Crippen molar-refractivity contribution in [2.24, 2.45) is 10.4 Å². The van der Waals surface area contributed by atoms with Crippen LogP contribution in [0.2, 0.25) is 0 Å². The monoisotopic (exact) mass is 384 g/mol. The van der Waals surface area contributed by atoms with Gasteiger partial charge in [0.15, 0.2) is 5.96 Å². The molecule has 0 aromatic carbocycles. The summed E-state index contributed by atoms with van der Waals surface area (Å²) >= 11 is 1.90. The Morgan fingerprint density at radius 3 is 2.35 bits per heavy atom. The van der Waals surface area contributed by atoms with Gasteiger partial charge in [0.25, 0.3) is 0 Å². The number of thioether (sulfide) groups is 1. The van der Waals surface area contributed by atoms with Crippen LogP contribution in [-0.2, 0) is 9.53 Å². The molecule has 1 aliphatic carbocycles. The topological polar surface area (TPSA) is 66.0 Å². The Morgan fingerprint density at radius 1 is 1.15 bits per heavy atom. The maximum Gasteiger partial charge on any atom is 0.230 e. The molecule has 1 heterocycles. The zero-order valence-corrected chi connectivity index (χ0v) is 17.7. The number of aliphatic imine (C=N–C) groups is 1. The first-order valence-electron chi connectivity index (χ1n) is 9.84. The largest absolute Gasteiger partial charge is 0.381 e. The maximum atomic E-state index is 12.7. The molecule has 2 fully saturated rings. The van der Waals surface area contributed by atoms with Crippen molar-refractivity contribution in [2.45, 2.75) is 50.2 Å². The van der Waals surface area contributed by atoms with E-state index in [9.17, 15) is 4.79 Å². The normalized spacial score (nSPS) is 22.1. The minimum Gasteiger partial charge on any atom is -0.381 e. The third-order valence-corrected chi connectivity index (χ3v) is 7.12. The smallest absolute Gasteiger partial charge is 0.230 e. The number of hydrogen-bond acceptors (Lipinski definition) is 4. The molecular formula is C19H36N4O2S. The van der Waals surface area contributed by atoms with Crippen LogP contribution in [0, 0.1) is 5.41 Å². The molecule has 0 unspecified atom stereocenters. The molecule has 1 aliphatic heterocycles. The SMILES string of the molecule is CCNC(=NCC1(SC)CCOCC1)NCC1(C(=O)N(C)C)CCCC1. The summed E-state index contributed by atoms with van der Waals surface area (Å²) in [7, 11) is 3.71. The Kier molecular flexibility index (Phi) is 8.07. The molecule has 2 rings (SSSR count). The van der Waals surface area contributed by atoms with Crippen LogP contribution < -0.4 is 10.6 Å². The number of rotatable bonds is 7. The first kappa shape index (κ1) is 21.4. The summed E-state index contributed by atoms with van der Waals surface area (Å²) in [6, 6.07) is 0. The highest BCUT2D eigenvalue weighted by Gasteiger charge is 2.42. The Labute approximate surface area is 162 Å². The fourth-order valence-electron chi connectivity index (χ4n) is 3.98. The van der Waals surface area contributed by atoms with E-state index in [1.807, 2.05) is 25.9 Å². The van der Waals surface area contributed by atoms with Crippen LogP contribution >= 0.6 is 11.8 Å². The van der Waals surface area contributed by atoms with E-state index in [0.717, 1.165) is 70.8 Å². The van der Waals surface area contributed by atoms with Crippen molar-refractivity contribution in [3.8, 4) is 0 Å². The van der Waals surface area contributed by atoms with Crippen LogP contribution in [0.5, 0.6) is 0 Å². The number of carbonyl (C=O) groups excluding carboxylic acids is 1. The summed E-state index contributed by atoms with van der Waals surface area (Å²) in [5.74, 6) is 1.06. The van der Waals surface area contributed by atoms with Crippen molar-refractivity contribution < 1.29 is 9.53 Å². The van der Waals surface area contributed by atoms with Crippen molar-refractivity contribution in [1.29, 1.82) is 0 Å². The lowest BCUT2D eigenvalue weighted by atomic mass is 9.84. The average molecular weight is 385 g/mol. The molecule has 7 heteroatoms. The fourth-order valence-corrected chi connectivity index (χ4v) is 4.75. The molecule has 1 saturated carbocycles. The van der Waals surface area contributed by atoms with Gasteiger partial charge >= 0.3 is 0 Å². The highest BCUT2D eigenvalue weighted by Crippen LogP contribution is 2.39. The van der Waals surface area contributed by atoms with Gasteiger partial charge < -0.3 is 20.3 Å². The van der Waals surface area contributed by atoms with Gasteiger partial charge in [0.1, 0.15) is 0 Å². The van der Waals surface area contributed by atoms with Gasteiger partial charge in [-0.25, -0.2) is 0 Å². The number of ether oxygens (including phenoxy) is 1. The predicted octanol–water partition coefficient (Wildman–Crippen LogP) is 2.10. The van der Waals surface area contributed by atoms with Crippen molar-refractivity contribution >= 4 is 23.6 Å². The van der Waals surface area contributed by atoms with Gasteiger partial charge in [0.05, 0.1) is 12.0 Å². The molecular weight excluding hydrogens is 348 g/mol. The molecule has 0 spiro atoms. The molecule has 0 aromatic heterocycles. The van der Waals surface area contributed by atoms with Crippen LogP contribution in [0.15, 0.2) is 4.99 Å². The molecule has 1 amide bonds. The van der Waals surface area contributed by atoms with E-state index in [1.165, 1.54) is 0 Å². The standard InChI is InChI=1S/C19H36N4O2S/c1-5-20-17(22-15-19(26-4)10-12-25-13-11-19)21-14-18(8-6-7-9-18)16(24)23(2)3/h5-15H2,1-4H3,(H2,20,21,22). The minimum absolute atomic E-state index is 0.172. The molecule has 0 radical (unpaired) electrons. The van der Waals surface area contributed by atoms with E-state index in [2.05, 4.69) is 23.8 Å². The van der Waals surface area contributed by atoms with Gasteiger partial charge in [-0.05, 0) is 38.9 Å². The average Bonchev–Trinajstić information content (AvgIpc) is 3.14. The molecule has 0 bridgehead atoms. The molecule has 26 heavy (non-hydrogen) atoms. The van der Waals surface area contributed by atoms with Crippen molar-refractivity contribution in [3.63, 3.8) is 0 Å². The van der Waals surface area contributed by atoms with Crippen LogP contribution in [-0.4, -0.2) is 74.7 Å². The van der Waals surface area contributed by atoms with Crippen LogP contribution in [0.1, 0.15) is 45.4 Å². The lowest BCUT2D eigenvalue weighted by Crippen LogP contribution is -2.49. The van der Waals surface area contributed by atoms with E-state index in [4.69, 9.17) is 9.73 Å². The summed E-state index contributed by atoms with van der Waals surface area (Å²) in [5.41, 5.74) is -0.282. The lowest BCUT2D eigenvalue weighted by molar-refractivity contribution is -0.138. The molecule has 1 saturated heterocycles. The first-order valence-corrected chi connectivity index (χ1v) is 11.1. The summed E-state index contributed by atoms with van der Waals surface area (Å²) in [6.45, 7) is 5.97. The molecule has 2 N–H and O–H groups in total. The van der Waals surface area contributed by atoms with Gasteiger partial charge in [-0.1, -0.05) is 12.8 Å². The van der Waals surface area contributed by atoms with Crippen molar-refractivity contribution in [1.82, 2.24) is 15.5 Å². The van der Waals surface area contributed by atoms with E-state index < -0.39 is 0 Å². The minimum atomic E-state index is -0.282. The van der Waals surface area contributed by atoms with Gasteiger partial charge in [0, 0.05) is 45.1 Å². The summed E-state index contributed by atoms with van der Waals surface area (Å²) < 4.78 is 5.69. The van der Waals surface area contributed by atoms with Crippen molar-refractivity contribution in [2.75, 3.05) is 53.2 Å². The number of guanidine groups is 1.